The van der Waals surface area contributed by atoms with Crippen molar-refractivity contribution in [3.05, 3.63) is 107 Å². The summed E-state index contributed by atoms with van der Waals surface area (Å²) in [5, 5.41) is 6.12. The fourth-order valence-electron chi connectivity index (χ4n) is 5.88. The molecule has 0 bridgehead atoms. The van der Waals surface area contributed by atoms with E-state index < -0.39 is 12.2 Å². The van der Waals surface area contributed by atoms with Crippen molar-refractivity contribution in [1.82, 2.24) is 9.88 Å². The highest BCUT2D eigenvalue weighted by Gasteiger charge is 2.41. The molecule has 0 aliphatic carbocycles. The zero-order valence-electron chi connectivity index (χ0n) is 26.9. The molecule has 1 aromatic heterocycles. The summed E-state index contributed by atoms with van der Waals surface area (Å²) < 4.78 is 48.6. The van der Waals surface area contributed by atoms with E-state index in [4.69, 9.17) is 4.74 Å². The topological polar surface area (TPSA) is 86.5 Å². The number of halogens is 3. The molecule has 2 unspecified atom stereocenters. The number of carbonyl (C=O) groups is 1. The molecule has 47 heavy (non-hydrogen) atoms. The van der Waals surface area contributed by atoms with E-state index in [0.717, 1.165) is 22.0 Å². The Hall–Kier alpha value is -4.68. The minimum absolute atomic E-state index is 0.0888. The van der Waals surface area contributed by atoms with Gasteiger partial charge in [0, 0.05) is 31.2 Å². The summed E-state index contributed by atoms with van der Waals surface area (Å²) >= 11 is 0. The van der Waals surface area contributed by atoms with Crippen LogP contribution in [0.5, 0.6) is 0 Å². The van der Waals surface area contributed by atoms with Gasteiger partial charge in [-0.3, -0.25) is 9.69 Å². The number of morpholine rings is 1. The van der Waals surface area contributed by atoms with E-state index in [2.05, 4.69) is 20.6 Å². The summed E-state index contributed by atoms with van der Waals surface area (Å²) in [6.07, 6.45) is 2.58. The fraction of sp³-hybridized carbons (Fsp3) is 0.343. The van der Waals surface area contributed by atoms with Gasteiger partial charge in [-0.05, 0) is 53.3 Å². The van der Waals surface area contributed by atoms with Gasteiger partial charge in [0.25, 0.3) is 11.7 Å². The Bertz CT molecular complexity index is 1700. The van der Waals surface area contributed by atoms with Gasteiger partial charge in [0.05, 0.1) is 30.7 Å². The van der Waals surface area contributed by atoms with Crippen LogP contribution in [0.15, 0.2) is 90.1 Å². The van der Waals surface area contributed by atoms with E-state index in [1.165, 1.54) is 0 Å². The number of amidine groups is 1. The van der Waals surface area contributed by atoms with Crippen molar-refractivity contribution < 1.29 is 27.6 Å². The van der Waals surface area contributed by atoms with Gasteiger partial charge in [-0.1, -0.05) is 51.1 Å². The molecule has 3 aliphatic rings. The number of nitrogens with one attached hydrogen (secondary N) is 3. The van der Waals surface area contributed by atoms with Gasteiger partial charge in [0.15, 0.2) is 6.67 Å². The molecule has 0 radical (unpaired) electrons. The van der Waals surface area contributed by atoms with Crippen LogP contribution in [0.25, 0.3) is 0 Å². The molecule has 0 spiro atoms. The summed E-state index contributed by atoms with van der Waals surface area (Å²) in [6, 6.07) is 13.6. The zero-order chi connectivity index (χ0) is 33.3. The molecule has 1 saturated heterocycles. The number of nitrogens with zero attached hydrogens (tertiary/aromatic N) is 4. The Kier molecular flexibility index (Phi) is 8.82. The molecule has 2 aromatic carbocycles. The molecule has 0 saturated carbocycles. The first-order valence-corrected chi connectivity index (χ1v) is 15.6. The molecule has 12 heteroatoms. The SMILES string of the molecule is Cc1c(NC(c2ccc(C(C)(C)C)cc2)C(F)(F)F)cccc1N1C=C(Nc2ccc(C(=O)N3CCOCC3)cn2)C2=NC=C[NH+]2C1. The largest absolute Gasteiger partial charge is 0.412 e. The molecule has 4 heterocycles. The van der Waals surface area contributed by atoms with Crippen LogP contribution in [-0.4, -0.2) is 60.8 Å². The maximum Gasteiger partial charge on any atom is 0.412 e. The number of anilines is 3. The third kappa shape index (κ3) is 7.03. The Labute approximate surface area is 272 Å². The number of benzene rings is 2. The lowest BCUT2D eigenvalue weighted by Gasteiger charge is -2.32. The third-order valence-corrected chi connectivity index (χ3v) is 8.59. The second-order valence-corrected chi connectivity index (χ2v) is 12.9. The number of hydrogen-bond acceptors (Lipinski definition) is 7. The molecule has 9 nitrogen and oxygen atoms in total. The van der Waals surface area contributed by atoms with Crippen LogP contribution in [0, 0.1) is 6.92 Å². The maximum absolute atomic E-state index is 14.4. The Morgan fingerprint density at radius 2 is 1.77 bits per heavy atom. The van der Waals surface area contributed by atoms with E-state index in [1.54, 1.807) is 65.8 Å². The number of rotatable bonds is 7. The molecule has 3 N–H and O–H groups in total. The summed E-state index contributed by atoms with van der Waals surface area (Å²) in [5.74, 6) is 1.21. The van der Waals surface area contributed by atoms with Gasteiger partial charge < -0.3 is 20.3 Å². The Balaban J connectivity index is 1.24. The number of alkyl halides is 3. The van der Waals surface area contributed by atoms with Gasteiger partial charge in [-0.2, -0.15) is 18.2 Å². The molecule has 1 fully saturated rings. The lowest BCUT2D eigenvalue weighted by molar-refractivity contribution is -0.743. The summed E-state index contributed by atoms with van der Waals surface area (Å²) in [7, 11) is 0. The van der Waals surface area contributed by atoms with Crippen molar-refractivity contribution >= 4 is 28.9 Å². The number of fused-ring (bicyclic) bond motifs is 1. The Morgan fingerprint density at radius 1 is 1.02 bits per heavy atom. The van der Waals surface area contributed by atoms with Gasteiger partial charge in [0.2, 0.25) is 0 Å². The van der Waals surface area contributed by atoms with E-state index in [-0.39, 0.29) is 16.9 Å². The minimum atomic E-state index is -4.51. The Morgan fingerprint density at radius 3 is 2.43 bits per heavy atom. The summed E-state index contributed by atoms with van der Waals surface area (Å²) in [5.41, 5.74) is 3.94. The molecule has 3 aromatic rings. The summed E-state index contributed by atoms with van der Waals surface area (Å²) in [6.45, 7) is 10.5. The molecular weight excluding hydrogens is 607 g/mol. The first kappa shape index (κ1) is 32.3. The van der Waals surface area contributed by atoms with E-state index in [0.29, 0.717) is 61.3 Å². The molecule has 6 rings (SSSR count). The number of amides is 1. The van der Waals surface area contributed by atoms with Crippen LogP contribution in [0.3, 0.4) is 0 Å². The molecule has 3 aliphatic heterocycles. The number of hydrogen-bond donors (Lipinski definition) is 3. The highest BCUT2D eigenvalue weighted by molar-refractivity contribution is 5.97. The fourth-order valence-corrected chi connectivity index (χ4v) is 5.88. The number of pyridine rings is 1. The van der Waals surface area contributed by atoms with Crippen molar-refractivity contribution in [1.29, 1.82) is 0 Å². The number of ether oxygens (including phenoxy) is 1. The lowest BCUT2D eigenvalue weighted by atomic mass is 9.86. The summed E-state index contributed by atoms with van der Waals surface area (Å²) in [4.78, 5) is 26.6. The first-order chi connectivity index (χ1) is 22.4. The normalized spacial score (nSPS) is 18.7. The molecule has 246 valence electrons. The minimum Gasteiger partial charge on any atom is -0.378 e. The smallest absolute Gasteiger partial charge is 0.378 e. The van der Waals surface area contributed by atoms with Crippen LogP contribution in [-0.2, 0) is 10.2 Å². The number of aliphatic imine (C=N–C) groups is 1. The van der Waals surface area contributed by atoms with Crippen molar-refractivity contribution in [2.45, 2.75) is 45.3 Å². The second-order valence-electron chi connectivity index (χ2n) is 12.9. The highest BCUT2D eigenvalue weighted by atomic mass is 19.4. The van der Waals surface area contributed by atoms with Crippen molar-refractivity contribution in [3.8, 4) is 0 Å². The van der Waals surface area contributed by atoms with Crippen molar-refractivity contribution in [3.63, 3.8) is 0 Å². The van der Waals surface area contributed by atoms with E-state index in [9.17, 15) is 18.0 Å². The molecular formula is C35H39F3N7O2+. The number of aromatic nitrogens is 1. The first-order valence-electron chi connectivity index (χ1n) is 15.6. The van der Waals surface area contributed by atoms with Gasteiger partial charge in [0.1, 0.15) is 23.8 Å². The van der Waals surface area contributed by atoms with Gasteiger partial charge in [-0.25, -0.2) is 9.88 Å². The standard InChI is InChI=1S/C35H38F3N7O2/c1-23-27(42-31(35(36,37)38)24-8-11-26(12-9-24)34(2,3)4)6-5-7-29(23)45-21-28(32-39-14-15-44(32)22-45)41-30-13-10-25(20-40-30)33(46)43-16-18-47-19-17-43/h5-15,20-21,31,42H,16-19,22H2,1-4H3,(H,40,41)/p+1. The van der Waals surface area contributed by atoms with Gasteiger partial charge >= 0.3 is 6.18 Å². The van der Waals surface area contributed by atoms with Crippen LogP contribution in [0.4, 0.5) is 30.4 Å². The predicted molar refractivity (Wildman–Crippen MR) is 176 cm³/mol. The molecule has 2 atom stereocenters. The quantitative estimate of drug-likeness (QED) is 0.320. The van der Waals surface area contributed by atoms with Gasteiger partial charge in [-0.15, -0.1) is 0 Å². The lowest BCUT2D eigenvalue weighted by Crippen LogP contribution is -3.12. The molecule has 1 amide bonds. The highest BCUT2D eigenvalue weighted by Crippen LogP contribution is 2.39. The number of quaternary nitrogens is 1. The maximum atomic E-state index is 14.4. The van der Waals surface area contributed by atoms with Crippen molar-refractivity contribution in [2.24, 2.45) is 4.99 Å². The average molecular weight is 647 g/mol. The van der Waals surface area contributed by atoms with Crippen LogP contribution in [0.2, 0.25) is 0 Å². The van der Waals surface area contributed by atoms with Crippen molar-refractivity contribution in [2.75, 3.05) is 48.5 Å². The van der Waals surface area contributed by atoms with E-state index >= 15 is 0 Å². The predicted octanol–water partition coefficient (Wildman–Crippen LogP) is 5.37. The zero-order valence-corrected chi connectivity index (χ0v) is 26.9. The average Bonchev–Trinajstić information content (AvgIpc) is 3.53. The van der Waals surface area contributed by atoms with E-state index in [1.807, 2.05) is 51.1 Å². The number of carbonyl (C=O) groups excluding carboxylic acids is 1. The van der Waals surface area contributed by atoms with Crippen LogP contribution < -0.4 is 20.4 Å². The monoisotopic (exact) mass is 646 g/mol. The van der Waals surface area contributed by atoms with Crippen LogP contribution >= 0.6 is 0 Å². The second kappa shape index (κ2) is 12.8. The van der Waals surface area contributed by atoms with Crippen LogP contribution in [0.1, 0.15) is 53.9 Å². The third-order valence-electron chi connectivity index (χ3n) is 8.59.